The van der Waals surface area contributed by atoms with E-state index in [4.69, 9.17) is 4.74 Å². The lowest BCUT2D eigenvalue weighted by atomic mass is 10.1. The Labute approximate surface area is 184 Å². The van der Waals surface area contributed by atoms with Crippen molar-refractivity contribution >= 4 is 23.6 Å². The highest BCUT2D eigenvalue weighted by atomic mass is 32.2. The van der Waals surface area contributed by atoms with Gasteiger partial charge in [0.1, 0.15) is 5.82 Å². The highest BCUT2D eigenvalue weighted by Crippen LogP contribution is 2.27. The Kier molecular flexibility index (Phi) is 6.83. The van der Waals surface area contributed by atoms with E-state index in [1.165, 1.54) is 17.8 Å². The Bertz CT molecular complexity index is 1040. The number of aromatic nitrogens is 3. The number of ether oxygens (including phenoxy) is 1. The number of morpholine rings is 1. The van der Waals surface area contributed by atoms with Crippen LogP contribution in [0.3, 0.4) is 0 Å². The average molecular weight is 442 g/mol. The van der Waals surface area contributed by atoms with Gasteiger partial charge >= 0.3 is 0 Å². The zero-order chi connectivity index (χ0) is 21.6. The minimum atomic E-state index is -0.271. The molecule has 1 aromatic heterocycles. The number of nitrogens with zero attached hydrogens (tertiary/aromatic N) is 4. The van der Waals surface area contributed by atoms with Crippen LogP contribution in [0.1, 0.15) is 11.1 Å². The molecule has 162 valence electrons. The molecule has 1 amide bonds. The predicted octanol–water partition coefficient (Wildman–Crippen LogP) is 2.96. The lowest BCUT2D eigenvalue weighted by molar-refractivity contribution is -0.118. The molecule has 1 aliphatic rings. The quantitative estimate of drug-likeness (QED) is 0.569. The maximum Gasteiger partial charge on any atom is 0.232 e. The standard InChI is InChI=1S/C22H24FN5O2S/c1-16-7-8-17(13-19(16)23)14-24-20(29)15-31-22-26-25-21(27-9-11-30-12-10-27)28(22)18-5-3-2-4-6-18/h2-8,13H,9-12,14-15H2,1H3,(H,24,29). The van der Waals surface area contributed by atoms with Gasteiger partial charge in [0.05, 0.1) is 24.7 Å². The summed E-state index contributed by atoms with van der Waals surface area (Å²) >= 11 is 1.32. The van der Waals surface area contributed by atoms with Crippen molar-refractivity contribution in [3.63, 3.8) is 0 Å². The van der Waals surface area contributed by atoms with Gasteiger partial charge in [-0.25, -0.2) is 4.39 Å². The van der Waals surface area contributed by atoms with Gasteiger partial charge in [-0.1, -0.05) is 42.1 Å². The smallest absolute Gasteiger partial charge is 0.232 e. The molecule has 0 spiro atoms. The summed E-state index contributed by atoms with van der Waals surface area (Å²) in [6, 6.07) is 14.8. The van der Waals surface area contributed by atoms with Crippen LogP contribution in [0, 0.1) is 12.7 Å². The first kappa shape index (κ1) is 21.3. The van der Waals surface area contributed by atoms with Crippen LogP contribution in [0.4, 0.5) is 10.3 Å². The van der Waals surface area contributed by atoms with E-state index in [9.17, 15) is 9.18 Å². The molecule has 31 heavy (non-hydrogen) atoms. The normalized spacial score (nSPS) is 13.9. The number of halogens is 1. The second-order valence-corrected chi connectivity index (χ2v) is 8.14. The van der Waals surface area contributed by atoms with E-state index < -0.39 is 0 Å². The van der Waals surface area contributed by atoms with E-state index in [1.807, 2.05) is 41.0 Å². The predicted molar refractivity (Wildman–Crippen MR) is 118 cm³/mol. The number of carbonyl (C=O) groups excluding carboxylic acids is 1. The van der Waals surface area contributed by atoms with Gasteiger partial charge in [-0.15, -0.1) is 10.2 Å². The largest absolute Gasteiger partial charge is 0.378 e. The van der Waals surface area contributed by atoms with Crippen LogP contribution in [0.25, 0.3) is 5.69 Å². The van der Waals surface area contributed by atoms with Crippen LogP contribution < -0.4 is 10.2 Å². The molecule has 7 nitrogen and oxygen atoms in total. The molecular weight excluding hydrogens is 417 g/mol. The molecule has 2 aromatic carbocycles. The van der Waals surface area contributed by atoms with Crippen LogP contribution >= 0.6 is 11.8 Å². The Morgan fingerprint density at radius 1 is 1.16 bits per heavy atom. The second kappa shape index (κ2) is 9.93. The third kappa shape index (κ3) is 5.23. The van der Waals surface area contributed by atoms with Crippen molar-refractivity contribution in [2.75, 3.05) is 37.0 Å². The van der Waals surface area contributed by atoms with Gasteiger partial charge in [0, 0.05) is 19.6 Å². The van der Waals surface area contributed by atoms with Gasteiger partial charge in [0.15, 0.2) is 5.16 Å². The van der Waals surface area contributed by atoms with Gasteiger partial charge in [-0.05, 0) is 36.2 Å². The first-order chi connectivity index (χ1) is 15.1. The molecule has 0 aliphatic carbocycles. The van der Waals surface area contributed by atoms with E-state index >= 15 is 0 Å². The number of nitrogens with one attached hydrogen (secondary N) is 1. The minimum absolute atomic E-state index is 0.151. The van der Waals surface area contributed by atoms with Crippen LogP contribution in [0.5, 0.6) is 0 Å². The number of hydrogen-bond acceptors (Lipinski definition) is 6. The van der Waals surface area contributed by atoms with E-state index in [1.54, 1.807) is 13.0 Å². The number of thioether (sulfide) groups is 1. The number of anilines is 1. The molecule has 1 N–H and O–H groups in total. The van der Waals surface area contributed by atoms with Crippen LogP contribution in [-0.4, -0.2) is 52.7 Å². The maximum atomic E-state index is 13.7. The molecule has 0 bridgehead atoms. The molecule has 3 aromatic rings. The highest BCUT2D eigenvalue weighted by Gasteiger charge is 2.22. The summed E-state index contributed by atoms with van der Waals surface area (Å²) in [5.74, 6) is 0.504. The first-order valence-corrected chi connectivity index (χ1v) is 11.1. The van der Waals surface area contributed by atoms with E-state index in [0.29, 0.717) is 23.9 Å². The molecule has 0 atom stereocenters. The van der Waals surface area contributed by atoms with Crippen LogP contribution in [0.2, 0.25) is 0 Å². The molecule has 1 aliphatic heterocycles. The summed E-state index contributed by atoms with van der Waals surface area (Å²) < 4.78 is 21.1. The second-order valence-electron chi connectivity index (χ2n) is 7.20. The van der Waals surface area contributed by atoms with Crippen molar-refractivity contribution in [1.82, 2.24) is 20.1 Å². The van der Waals surface area contributed by atoms with Gasteiger partial charge < -0.3 is 15.0 Å². The molecule has 9 heteroatoms. The molecular formula is C22H24FN5O2S. The number of hydrogen-bond donors (Lipinski definition) is 1. The van der Waals surface area contributed by atoms with Crippen molar-refractivity contribution < 1.29 is 13.9 Å². The Morgan fingerprint density at radius 2 is 1.94 bits per heavy atom. The van der Waals surface area contributed by atoms with E-state index in [-0.39, 0.29) is 24.0 Å². The highest BCUT2D eigenvalue weighted by molar-refractivity contribution is 7.99. The van der Waals surface area contributed by atoms with Crippen molar-refractivity contribution in [1.29, 1.82) is 0 Å². The molecule has 0 radical (unpaired) electrons. The number of amides is 1. The number of rotatable bonds is 7. The summed E-state index contributed by atoms with van der Waals surface area (Å²) in [6.45, 7) is 4.76. The molecule has 1 fully saturated rings. The summed E-state index contributed by atoms with van der Waals surface area (Å²) in [5.41, 5.74) is 2.25. The van der Waals surface area contributed by atoms with Gasteiger partial charge in [-0.3, -0.25) is 9.36 Å². The molecule has 0 saturated carbocycles. The lowest BCUT2D eigenvalue weighted by Crippen LogP contribution is -2.37. The zero-order valence-electron chi connectivity index (χ0n) is 17.3. The SMILES string of the molecule is Cc1ccc(CNC(=O)CSc2nnc(N3CCOCC3)n2-c2ccccc2)cc1F. The average Bonchev–Trinajstić information content (AvgIpc) is 3.23. The lowest BCUT2D eigenvalue weighted by Gasteiger charge is -2.27. The summed E-state index contributed by atoms with van der Waals surface area (Å²) in [5, 5.41) is 12.2. The maximum absolute atomic E-state index is 13.7. The minimum Gasteiger partial charge on any atom is -0.378 e. The fourth-order valence-electron chi connectivity index (χ4n) is 3.25. The van der Waals surface area contributed by atoms with Gasteiger partial charge in [0.2, 0.25) is 11.9 Å². The number of aryl methyl sites for hydroxylation is 1. The van der Waals surface area contributed by atoms with Crippen molar-refractivity contribution in [2.45, 2.75) is 18.6 Å². The van der Waals surface area contributed by atoms with Gasteiger partial charge in [-0.2, -0.15) is 0 Å². The number of para-hydroxylation sites is 1. The molecule has 1 saturated heterocycles. The Morgan fingerprint density at radius 3 is 2.68 bits per heavy atom. The number of benzene rings is 2. The first-order valence-electron chi connectivity index (χ1n) is 10.1. The zero-order valence-corrected chi connectivity index (χ0v) is 18.1. The van der Waals surface area contributed by atoms with Gasteiger partial charge in [0.25, 0.3) is 0 Å². The molecule has 2 heterocycles. The monoisotopic (exact) mass is 441 g/mol. The topological polar surface area (TPSA) is 72.3 Å². The van der Waals surface area contributed by atoms with E-state index in [2.05, 4.69) is 20.4 Å². The van der Waals surface area contributed by atoms with Crippen LogP contribution in [-0.2, 0) is 16.1 Å². The van der Waals surface area contributed by atoms with Crippen molar-refractivity contribution in [3.8, 4) is 5.69 Å². The van der Waals surface area contributed by atoms with Crippen LogP contribution in [0.15, 0.2) is 53.7 Å². The fourth-order valence-corrected chi connectivity index (χ4v) is 4.03. The third-order valence-corrected chi connectivity index (χ3v) is 5.91. The summed E-state index contributed by atoms with van der Waals surface area (Å²) in [6.07, 6.45) is 0. The van der Waals surface area contributed by atoms with Crippen molar-refractivity contribution in [3.05, 3.63) is 65.5 Å². The molecule has 4 rings (SSSR count). The Hall–Kier alpha value is -2.91. The Balaban J connectivity index is 1.44. The van der Waals surface area contributed by atoms with Crippen molar-refractivity contribution in [2.24, 2.45) is 0 Å². The summed E-state index contributed by atoms with van der Waals surface area (Å²) in [7, 11) is 0. The third-order valence-electron chi connectivity index (χ3n) is 4.98. The van der Waals surface area contributed by atoms with E-state index in [0.717, 1.165) is 30.3 Å². The molecule has 0 unspecified atom stereocenters. The summed E-state index contributed by atoms with van der Waals surface area (Å²) in [4.78, 5) is 14.5. The number of carbonyl (C=O) groups is 1. The fraction of sp³-hybridized carbons (Fsp3) is 0.318.